The molecule has 1 aliphatic heterocycles. The van der Waals surface area contributed by atoms with E-state index >= 15 is 0 Å². The van der Waals surface area contributed by atoms with Gasteiger partial charge in [0.05, 0.1) is 26.5 Å². The molecule has 1 atom stereocenters. The quantitative estimate of drug-likeness (QED) is 0.589. The molecule has 0 bridgehead atoms. The largest absolute Gasteiger partial charge is 0.468 e. The summed E-state index contributed by atoms with van der Waals surface area (Å²) in [7, 11) is 1.38. The molecule has 0 saturated heterocycles. The molecule has 154 valence electrons. The van der Waals surface area contributed by atoms with Gasteiger partial charge in [0.1, 0.15) is 11.8 Å². The number of carbonyl (C=O) groups is 2. The Bertz CT molecular complexity index is 1000. The standard InChI is InChI=1S/C24H24N2O4/c1-29-24(28)22-14-18-8-5-6-9-19(18)15-25(22)17-23(27)26(16-21-12-7-13-30-21)20-10-3-2-4-11-20/h2-13,22H,14-17H2,1H3. The van der Waals surface area contributed by atoms with E-state index in [2.05, 4.69) is 0 Å². The lowest BCUT2D eigenvalue weighted by molar-refractivity contribution is -0.148. The molecule has 0 spiro atoms. The van der Waals surface area contributed by atoms with Gasteiger partial charge >= 0.3 is 5.97 Å². The summed E-state index contributed by atoms with van der Waals surface area (Å²) in [5.41, 5.74) is 3.03. The average molecular weight is 404 g/mol. The van der Waals surface area contributed by atoms with Crippen LogP contribution in [0.2, 0.25) is 0 Å². The molecule has 6 nitrogen and oxygen atoms in total. The van der Waals surface area contributed by atoms with Crippen LogP contribution in [-0.2, 0) is 33.8 Å². The van der Waals surface area contributed by atoms with Crippen molar-refractivity contribution >= 4 is 17.6 Å². The number of methoxy groups -OCH3 is 1. The molecule has 2 aromatic carbocycles. The van der Waals surface area contributed by atoms with Crippen molar-refractivity contribution in [3.05, 3.63) is 89.9 Å². The van der Waals surface area contributed by atoms with E-state index in [1.165, 1.54) is 7.11 Å². The van der Waals surface area contributed by atoms with E-state index in [0.29, 0.717) is 25.3 Å². The lowest BCUT2D eigenvalue weighted by Crippen LogP contribution is -2.50. The summed E-state index contributed by atoms with van der Waals surface area (Å²) in [6, 6.07) is 20.7. The number of benzene rings is 2. The van der Waals surface area contributed by atoms with Crippen LogP contribution >= 0.6 is 0 Å². The zero-order valence-corrected chi connectivity index (χ0v) is 16.9. The fourth-order valence-electron chi connectivity index (χ4n) is 3.86. The molecule has 1 unspecified atom stereocenters. The van der Waals surface area contributed by atoms with Crippen LogP contribution in [0.3, 0.4) is 0 Å². The highest BCUT2D eigenvalue weighted by molar-refractivity contribution is 5.95. The van der Waals surface area contributed by atoms with E-state index in [1.807, 2.05) is 65.6 Å². The van der Waals surface area contributed by atoms with Crippen LogP contribution < -0.4 is 4.90 Å². The predicted molar refractivity (Wildman–Crippen MR) is 113 cm³/mol. The molecule has 1 aromatic heterocycles. The fourth-order valence-corrected chi connectivity index (χ4v) is 3.86. The third-order valence-corrected chi connectivity index (χ3v) is 5.42. The molecule has 1 amide bonds. The molecular weight excluding hydrogens is 380 g/mol. The summed E-state index contributed by atoms with van der Waals surface area (Å²) in [5.74, 6) is 0.265. The van der Waals surface area contributed by atoms with Gasteiger partial charge in [0.15, 0.2) is 0 Å². The first-order valence-corrected chi connectivity index (χ1v) is 9.92. The van der Waals surface area contributed by atoms with Crippen molar-refractivity contribution in [2.45, 2.75) is 25.6 Å². The zero-order valence-electron chi connectivity index (χ0n) is 16.9. The SMILES string of the molecule is COC(=O)C1Cc2ccccc2CN1CC(=O)N(Cc1ccco1)c1ccccc1. The van der Waals surface area contributed by atoms with E-state index < -0.39 is 6.04 Å². The molecule has 1 aliphatic rings. The highest BCUT2D eigenvalue weighted by Gasteiger charge is 2.34. The molecule has 0 aliphatic carbocycles. The van der Waals surface area contributed by atoms with Gasteiger partial charge in [-0.15, -0.1) is 0 Å². The zero-order chi connectivity index (χ0) is 20.9. The highest BCUT2D eigenvalue weighted by atomic mass is 16.5. The van der Waals surface area contributed by atoms with Gasteiger partial charge in [-0.3, -0.25) is 14.5 Å². The predicted octanol–water partition coefficient (Wildman–Crippen LogP) is 3.41. The molecule has 2 heterocycles. The van der Waals surface area contributed by atoms with E-state index in [4.69, 9.17) is 9.15 Å². The highest BCUT2D eigenvalue weighted by Crippen LogP contribution is 2.25. The molecule has 0 N–H and O–H groups in total. The number of hydrogen-bond donors (Lipinski definition) is 0. The summed E-state index contributed by atoms with van der Waals surface area (Å²) in [6.45, 7) is 0.942. The molecule has 3 aromatic rings. The van der Waals surface area contributed by atoms with Gasteiger partial charge in [0, 0.05) is 12.2 Å². The maximum atomic E-state index is 13.4. The van der Waals surface area contributed by atoms with Crippen LogP contribution in [0.1, 0.15) is 16.9 Å². The Balaban J connectivity index is 1.59. The Labute approximate surface area is 175 Å². The number of fused-ring (bicyclic) bond motifs is 1. The third-order valence-electron chi connectivity index (χ3n) is 5.42. The number of rotatable bonds is 6. The molecule has 0 saturated carbocycles. The van der Waals surface area contributed by atoms with Crippen molar-refractivity contribution in [2.75, 3.05) is 18.6 Å². The van der Waals surface area contributed by atoms with Crippen LogP contribution in [0.15, 0.2) is 77.4 Å². The monoisotopic (exact) mass is 404 g/mol. The normalized spacial score (nSPS) is 16.0. The number of carbonyl (C=O) groups excluding carboxylic acids is 2. The van der Waals surface area contributed by atoms with Crippen molar-refractivity contribution in [1.29, 1.82) is 0 Å². The fraction of sp³-hybridized carbons (Fsp3) is 0.250. The minimum Gasteiger partial charge on any atom is -0.468 e. The number of hydrogen-bond acceptors (Lipinski definition) is 5. The van der Waals surface area contributed by atoms with Crippen molar-refractivity contribution in [2.24, 2.45) is 0 Å². The van der Waals surface area contributed by atoms with Crippen LogP contribution in [0.4, 0.5) is 5.69 Å². The minimum absolute atomic E-state index is 0.101. The van der Waals surface area contributed by atoms with Gasteiger partial charge in [0.25, 0.3) is 0 Å². The second-order valence-corrected chi connectivity index (χ2v) is 7.31. The van der Waals surface area contributed by atoms with Crippen molar-refractivity contribution in [1.82, 2.24) is 4.90 Å². The summed E-state index contributed by atoms with van der Waals surface area (Å²) < 4.78 is 10.5. The summed E-state index contributed by atoms with van der Waals surface area (Å²) >= 11 is 0. The maximum absolute atomic E-state index is 13.4. The first-order chi connectivity index (χ1) is 14.7. The topological polar surface area (TPSA) is 63.0 Å². The number of anilines is 1. The summed E-state index contributed by atoms with van der Waals surface area (Å²) in [5, 5.41) is 0. The Kier molecular flexibility index (Phi) is 5.95. The number of nitrogens with zero attached hydrogens (tertiary/aromatic N) is 2. The van der Waals surface area contributed by atoms with Crippen molar-refractivity contribution in [3.63, 3.8) is 0 Å². The van der Waals surface area contributed by atoms with E-state index in [1.54, 1.807) is 17.2 Å². The average Bonchev–Trinajstić information content (AvgIpc) is 3.30. The van der Waals surface area contributed by atoms with E-state index in [0.717, 1.165) is 16.8 Å². The Hall–Kier alpha value is -3.38. The van der Waals surface area contributed by atoms with Gasteiger partial charge in [-0.05, 0) is 41.8 Å². The van der Waals surface area contributed by atoms with Gasteiger partial charge in [0.2, 0.25) is 5.91 Å². The van der Waals surface area contributed by atoms with E-state index in [-0.39, 0.29) is 18.4 Å². The molecule has 4 rings (SSSR count). The van der Waals surface area contributed by atoms with Gasteiger partial charge in [-0.2, -0.15) is 0 Å². The van der Waals surface area contributed by atoms with Crippen LogP contribution in [0.25, 0.3) is 0 Å². The van der Waals surface area contributed by atoms with E-state index in [9.17, 15) is 9.59 Å². The van der Waals surface area contributed by atoms with Gasteiger partial charge < -0.3 is 14.1 Å². The smallest absolute Gasteiger partial charge is 0.323 e. The van der Waals surface area contributed by atoms with Gasteiger partial charge in [-0.1, -0.05) is 42.5 Å². The second kappa shape index (κ2) is 8.97. The number of ether oxygens (including phenoxy) is 1. The first-order valence-electron chi connectivity index (χ1n) is 9.92. The number of furan rings is 1. The van der Waals surface area contributed by atoms with Crippen LogP contribution in [0, 0.1) is 0 Å². The van der Waals surface area contributed by atoms with Crippen molar-refractivity contribution < 1.29 is 18.7 Å². The lowest BCUT2D eigenvalue weighted by Gasteiger charge is -2.35. The van der Waals surface area contributed by atoms with Crippen LogP contribution in [0.5, 0.6) is 0 Å². The molecule has 30 heavy (non-hydrogen) atoms. The number of amides is 1. The second-order valence-electron chi connectivity index (χ2n) is 7.31. The number of esters is 1. The Morgan fingerprint density at radius 1 is 1.03 bits per heavy atom. The number of para-hydroxylation sites is 1. The first kappa shape index (κ1) is 19.9. The summed E-state index contributed by atoms with van der Waals surface area (Å²) in [4.78, 5) is 29.4. The Morgan fingerprint density at radius 2 is 1.77 bits per heavy atom. The summed E-state index contributed by atoms with van der Waals surface area (Å²) in [6.07, 6.45) is 2.12. The molecule has 6 heteroatoms. The Morgan fingerprint density at radius 3 is 2.47 bits per heavy atom. The van der Waals surface area contributed by atoms with Crippen molar-refractivity contribution in [3.8, 4) is 0 Å². The molecule has 0 fully saturated rings. The molecule has 0 radical (unpaired) electrons. The van der Waals surface area contributed by atoms with Gasteiger partial charge in [-0.25, -0.2) is 0 Å². The van der Waals surface area contributed by atoms with Crippen LogP contribution in [-0.4, -0.2) is 36.5 Å². The third kappa shape index (κ3) is 4.28. The molecular formula is C24H24N2O4. The maximum Gasteiger partial charge on any atom is 0.323 e. The minimum atomic E-state index is -0.491. The lowest BCUT2D eigenvalue weighted by atomic mass is 9.94.